The van der Waals surface area contributed by atoms with E-state index in [9.17, 15) is 4.79 Å². The van der Waals surface area contributed by atoms with Crippen molar-refractivity contribution in [2.45, 2.75) is 13.3 Å². The Morgan fingerprint density at radius 1 is 1.67 bits per heavy atom. The van der Waals surface area contributed by atoms with Gasteiger partial charge in [0, 0.05) is 6.20 Å². The van der Waals surface area contributed by atoms with E-state index >= 15 is 0 Å². The third-order valence-electron chi connectivity index (χ3n) is 1.63. The highest BCUT2D eigenvalue weighted by Gasteiger charge is 2.05. The fourth-order valence-electron chi connectivity index (χ4n) is 1.03. The fraction of sp³-hybridized carbons (Fsp3) is 0.222. The molecule has 0 spiro atoms. The number of aromatic nitrogens is 1. The highest BCUT2D eigenvalue weighted by atomic mass is 16.4. The van der Waals surface area contributed by atoms with Crippen molar-refractivity contribution in [3.8, 4) is 0 Å². The van der Waals surface area contributed by atoms with Crippen LogP contribution in [-0.2, 0) is 4.79 Å². The number of nitrogens with two attached hydrogens (primary N) is 1. The molecule has 1 aromatic heterocycles. The summed E-state index contributed by atoms with van der Waals surface area (Å²) in [4.78, 5) is 15.2. The molecule has 15 heavy (non-hydrogen) atoms. The molecule has 1 amide bonds. The van der Waals surface area contributed by atoms with E-state index < -0.39 is 0 Å². The predicted molar refractivity (Wildman–Crippen MR) is 55.6 cm³/mol. The van der Waals surface area contributed by atoms with E-state index in [1.807, 2.05) is 6.92 Å². The minimum atomic E-state index is -0.349. The van der Waals surface area contributed by atoms with Crippen molar-refractivity contribution in [1.82, 2.24) is 4.98 Å². The van der Waals surface area contributed by atoms with Crippen LogP contribution in [0.5, 0.6) is 0 Å². The summed E-state index contributed by atoms with van der Waals surface area (Å²) in [6, 6.07) is 1.77. The van der Waals surface area contributed by atoms with Gasteiger partial charge in [0.1, 0.15) is 5.84 Å². The standard InChI is InChI=1S/C9H12N4O2/c1-6-2-7(5-11-4-6)12-9(14)3-8(10)13-15/h2,4-5,15H,3H2,1H3,(H2,10,13)(H,12,14). The number of hydrogen-bond donors (Lipinski definition) is 3. The predicted octanol–water partition coefficient (Wildman–Crippen LogP) is 0.465. The van der Waals surface area contributed by atoms with Crippen molar-refractivity contribution in [3.05, 3.63) is 24.0 Å². The van der Waals surface area contributed by atoms with Crippen molar-refractivity contribution < 1.29 is 10.0 Å². The smallest absolute Gasteiger partial charge is 0.232 e. The number of amidine groups is 1. The van der Waals surface area contributed by atoms with Crippen LogP contribution in [0.1, 0.15) is 12.0 Å². The lowest BCUT2D eigenvalue weighted by Gasteiger charge is -2.04. The maximum absolute atomic E-state index is 11.3. The summed E-state index contributed by atoms with van der Waals surface area (Å²) in [6.45, 7) is 1.87. The minimum absolute atomic E-state index is 0.131. The molecular formula is C9H12N4O2. The largest absolute Gasteiger partial charge is 0.409 e. The molecule has 6 heteroatoms. The molecule has 0 atom stereocenters. The third-order valence-corrected chi connectivity index (χ3v) is 1.63. The number of carbonyl (C=O) groups excluding carboxylic acids is 1. The van der Waals surface area contributed by atoms with Gasteiger partial charge in [-0.05, 0) is 18.6 Å². The molecule has 0 aliphatic heterocycles. The third kappa shape index (κ3) is 3.63. The Morgan fingerprint density at radius 3 is 3.00 bits per heavy atom. The molecule has 0 saturated heterocycles. The topological polar surface area (TPSA) is 101 Å². The molecule has 0 aromatic carbocycles. The first-order valence-electron chi connectivity index (χ1n) is 4.29. The minimum Gasteiger partial charge on any atom is -0.409 e. The maximum Gasteiger partial charge on any atom is 0.232 e. The average molecular weight is 208 g/mol. The molecule has 0 radical (unpaired) electrons. The van der Waals surface area contributed by atoms with Gasteiger partial charge in [0.05, 0.1) is 18.3 Å². The fourth-order valence-corrected chi connectivity index (χ4v) is 1.03. The molecule has 0 bridgehead atoms. The summed E-state index contributed by atoms with van der Waals surface area (Å²) in [6.07, 6.45) is 3.06. The van der Waals surface area contributed by atoms with Crippen LogP contribution in [0, 0.1) is 6.92 Å². The van der Waals surface area contributed by atoms with Crippen LogP contribution in [0.3, 0.4) is 0 Å². The summed E-state index contributed by atoms with van der Waals surface area (Å²) in [7, 11) is 0. The molecule has 0 aliphatic carbocycles. The summed E-state index contributed by atoms with van der Waals surface area (Å²) < 4.78 is 0. The number of aryl methyl sites for hydroxylation is 1. The van der Waals surface area contributed by atoms with Crippen molar-refractivity contribution in [2.24, 2.45) is 10.9 Å². The second kappa shape index (κ2) is 4.94. The molecule has 1 heterocycles. The van der Waals surface area contributed by atoms with Crippen molar-refractivity contribution in [2.75, 3.05) is 5.32 Å². The summed E-state index contributed by atoms with van der Waals surface area (Å²) in [5, 5.41) is 13.5. The van der Waals surface area contributed by atoms with Crippen molar-refractivity contribution in [3.63, 3.8) is 0 Å². The van der Waals surface area contributed by atoms with E-state index in [2.05, 4.69) is 15.5 Å². The molecular weight excluding hydrogens is 196 g/mol. The van der Waals surface area contributed by atoms with Gasteiger partial charge in [-0.2, -0.15) is 0 Å². The van der Waals surface area contributed by atoms with Gasteiger partial charge in [-0.15, -0.1) is 0 Å². The Hall–Kier alpha value is -2.11. The number of carbonyl (C=O) groups is 1. The Kier molecular flexibility index (Phi) is 3.61. The molecule has 1 aromatic rings. The van der Waals surface area contributed by atoms with Crippen LogP contribution in [0.2, 0.25) is 0 Å². The molecule has 6 nitrogen and oxygen atoms in total. The van der Waals surface area contributed by atoms with E-state index in [1.54, 1.807) is 12.3 Å². The Morgan fingerprint density at radius 2 is 2.40 bits per heavy atom. The van der Waals surface area contributed by atoms with E-state index in [0.29, 0.717) is 5.69 Å². The quantitative estimate of drug-likeness (QED) is 0.291. The molecule has 0 aliphatic rings. The van der Waals surface area contributed by atoms with Gasteiger partial charge in [-0.3, -0.25) is 9.78 Å². The van der Waals surface area contributed by atoms with Gasteiger partial charge in [-0.1, -0.05) is 5.16 Å². The first kappa shape index (κ1) is 11.0. The lowest BCUT2D eigenvalue weighted by molar-refractivity contribution is -0.115. The molecule has 4 N–H and O–H groups in total. The molecule has 0 fully saturated rings. The number of nitrogens with zero attached hydrogens (tertiary/aromatic N) is 2. The van der Waals surface area contributed by atoms with Gasteiger partial charge in [0.15, 0.2) is 0 Å². The Bertz CT molecular complexity index is 389. The van der Waals surface area contributed by atoms with E-state index in [4.69, 9.17) is 10.9 Å². The molecule has 1 rings (SSSR count). The second-order valence-corrected chi connectivity index (χ2v) is 3.07. The summed E-state index contributed by atoms with van der Waals surface area (Å²) >= 11 is 0. The zero-order chi connectivity index (χ0) is 11.3. The Balaban J connectivity index is 2.59. The van der Waals surface area contributed by atoms with E-state index in [-0.39, 0.29) is 18.2 Å². The van der Waals surface area contributed by atoms with Crippen molar-refractivity contribution >= 4 is 17.4 Å². The maximum atomic E-state index is 11.3. The number of amides is 1. The van der Waals surface area contributed by atoms with Gasteiger partial charge in [0.2, 0.25) is 5.91 Å². The van der Waals surface area contributed by atoms with Crippen LogP contribution in [-0.4, -0.2) is 21.9 Å². The Labute approximate surface area is 86.8 Å². The lowest BCUT2D eigenvalue weighted by Crippen LogP contribution is -2.22. The number of oxime groups is 1. The van der Waals surface area contributed by atoms with Gasteiger partial charge < -0.3 is 16.3 Å². The monoisotopic (exact) mass is 208 g/mol. The van der Waals surface area contributed by atoms with E-state index in [1.165, 1.54) is 6.20 Å². The van der Waals surface area contributed by atoms with Gasteiger partial charge in [-0.25, -0.2) is 0 Å². The highest BCUT2D eigenvalue weighted by Crippen LogP contribution is 2.07. The van der Waals surface area contributed by atoms with Crippen LogP contribution in [0.4, 0.5) is 5.69 Å². The van der Waals surface area contributed by atoms with Crippen LogP contribution in [0.15, 0.2) is 23.6 Å². The van der Waals surface area contributed by atoms with E-state index in [0.717, 1.165) is 5.56 Å². The first-order chi connectivity index (χ1) is 7.11. The summed E-state index contributed by atoms with van der Waals surface area (Å²) in [5.74, 6) is -0.481. The van der Waals surface area contributed by atoms with Crippen LogP contribution in [0.25, 0.3) is 0 Å². The molecule has 0 saturated carbocycles. The zero-order valence-corrected chi connectivity index (χ0v) is 8.27. The normalized spacial score (nSPS) is 11.1. The number of rotatable bonds is 3. The molecule has 80 valence electrons. The van der Waals surface area contributed by atoms with Crippen LogP contribution < -0.4 is 11.1 Å². The van der Waals surface area contributed by atoms with Gasteiger partial charge >= 0.3 is 0 Å². The number of hydrogen-bond acceptors (Lipinski definition) is 4. The second-order valence-electron chi connectivity index (χ2n) is 3.07. The first-order valence-corrected chi connectivity index (χ1v) is 4.29. The highest BCUT2D eigenvalue weighted by molar-refractivity contribution is 6.04. The van der Waals surface area contributed by atoms with Crippen LogP contribution >= 0.6 is 0 Å². The lowest BCUT2D eigenvalue weighted by atomic mass is 10.3. The van der Waals surface area contributed by atoms with Crippen molar-refractivity contribution in [1.29, 1.82) is 0 Å². The number of anilines is 1. The summed E-state index contributed by atoms with van der Waals surface area (Å²) in [5.41, 5.74) is 6.71. The zero-order valence-electron chi connectivity index (χ0n) is 8.27. The average Bonchev–Trinajstić information content (AvgIpc) is 2.17. The molecule has 0 unspecified atom stereocenters. The number of pyridine rings is 1. The number of nitrogens with one attached hydrogen (secondary N) is 1. The van der Waals surface area contributed by atoms with Gasteiger partial charge in [0.25, 0.3) is 0 Å². The SMILES string of the molecule is Cc1cncc(NC(=O)C/C(N)=N/O)c1.